The van der Waals surface area contributed by atoms with Gasteiger partial charge < -0.3 is 10.0 Å². The van der Waals surface area contributed by atoms with Crippen molar-refractivity contribution in [2.24, 2.45) is 11.8 Å². The average molecular weight is 294 g/mol. The Labute approximate surface area is 128 Å². The third kappa shape index (κ3) is 3.42. The van der Waals surface area contributed by atoms with Gasteiger partial charge in [-0.15, -0.1) is 0 Å². The molecular weight excluding hydrogens is 264 g/mol. The summed E-state index contributed by atoms with van der Waals surface area (Å²) in [6.45, 7) is 5.24. The minimum atomic E-state index is -0.247. The number of fused-ring (bicyclic) bond motifs is 1. The Kier molecular flexibility index (Phi) is 4.85. The number of nitrogens with zero attached hydrogens (tertiary/aromatic N) is 2. The van der Waals surface area contributed by atoms with Crippen LogP contribution in [0, 0.1) is 11.8 Å². The van der Waals surface area contributed by atoms with E-state index in [0.717, 1.165) is 32.0 Å². The first kappa shape index (κ1) is 15.3. The van der Waals surface area contributed by atoms with Crippen molar-refractivity contribution < 1.29 is 9.90 Å². The molecule has 2 saturated heterocycles. The van der Waals surface area contributed by atoms with Crippen molar-refractivity contribution in [1.29, 1.82) is 0 Å². The van der Waals surface area contributed by atoms with Crippen molar-refractivity contribution in [2.75, 3.05) is 26.2 Å². The summed E-state index contributed by atoms with van der Waals surface area (Å²) in [5, 5.41) is 9.69. The summed E-state index contributed by atoms with van der Waals surface area (Å²) in [6.07, 6.45) is 8.46. The van der Waals surface area contributed by atoms with Gasteiger partial charge in [0.2, 0.25) is 5.91 Å². The molecule has 3 aliphatic rings. The molecule has 4 atom stereocenters. The highest BCUT2D eigenvalue weighted by atomic mass is 16.3. The second-order valence-electron chi connectivity index (χ2n) is 7.37. The Hall–Kier alpha value is -0.610. The zero-order valence-electron chi connectivity index (χ0n) is 13.3. The molecular formula is C17H30N2O2. The van der Waals surface area contributed by atoms with Gasteiger partial charge in [-0.2, -0.15) is 0 Å². The molecule has 1 N–H and O–H groups in total. The first-order valence-electron chi connectivity index (χ1n) is 8.85. The number of piperidine rings is 1. The van der Waals surface area contributed by atoms with E-state index in [1.807, 2.05) is 6.92 Å². The van der Waals surface area contributed by atoms with Gasteiger partial charge >= 0.3 is 0 Å². The van der Waals surface area contributed by atoms with Gasteiger partial charge in [-0.05, 0) is 57.4 Å². The van der Waals surface area contributed by atoms with Crippen LogP contribution in [0.1, 0.15) is 51.9 Å². The molecule has 0 bridgehead atoms. The van der Waals surface area contributed by atoms with Gasteiger partial charge in [0.05, 0.1) is 12.6 Å². The summed E-state index contributed by atoms with van der Waals surface area (Å²) in [5.74, 6) is 1.44. The van der Waals surface area contributed by atoms with Crippen LogP contribution < -0.4 is 0 Å². The summed E-state index contributed by atoms with van der Waals surface area (Å²) in [5.41, 5.74) is 0. The number of rotatable bonds is 3. The van der Waals surface area contributed by atoms with E-state index in [-0.39, 0.29) is 6.10 Å². The number of carbonyl (C=O) groups excluding carboxylic acids is 1. The van der Waals surface area contributed by atoms with Crippen molar-refractivity contribution in [3.8, 4) is 0 Å². The molecule has 4 heteroatoms. The van der Waals surface area contributed by atoms with Gasteiger partial charge in [-0.1, -0.05) is 12.8 Å². The first-order valence-corrected chi connectivity index (χ1v) is 8.85. The quantitative estimate of drug-likeness (QED) is 0.864. The number of likely N-dealkylation sites (tertiary alicyclic amines) is 2. The number of carbonyl (C=O) groups is 1. The zero-order chi connectivity index (χ0) is 14.8. The lowest BCUT2D eigenvalue weighted by atomic mass is 9.78. The third-order valence-corrected chi connectivity index (χ3v) is 5.91. The topological polar surface area (TPSA) is 43.8 Å². The van der Waals surface area contributed by atoms with Crippen molar-refractivity contribution in [1.82, 2.24) is 9.80 Å². The predicted molar refractivity (Wildman–Crippen MR) is 82.9 cm³/mol. The van der Waals surface area contributed by atoms with Crippen LogP contribution in [0.3, 0.4) is 0 Å². The summed E-state index contributed by atoms with van der Waals surface area (Å²) in [6, 6.07) is 0.523. The molecule has 0 radical (unpaired) electrons. The van der Waals surface area contributed by atoms with Gasteiger partial charge in [0.15, 0.2) is 0 Å². The Morgan fingerprint density at radius 1 is 1.14 bits per heavy atom. The number of aliphatic hydroxyl groups excluding tert-OH is 1. The van der Waals surface area contributed by atoms with Crippen LogP contribution in [0.25, 0.3) is 0 Å². The molecule has 0 aromatic rings. The largest absolute Gasteiger partial charge is 0.393 e. The Bertz CT molecular complexity index is 370. The highest BCUT2D eigenvalue weighted by Crippen LogP contribution is 2.35. The Morgan fingerprint density at radius 3 is 2.67 bits per heavy atom. The number of aliphatic hydroxyl groups is 1. The van der Waals surface area contributed by atoms with Crippen LogP contribution in [0.15, 0.2) is 0 Å². The van der Waals surface area contributed by atoms with Crippen LogP contribution >= 0.6 is 0 Å². The SMILES string of the molecule is CC(O)C1CCN(CC(=O)N2CCCC3CCCCC32)C1. The van der Waals surface area contributed by atoms with Crippen LogP contribution in [0.4, 0.5) is 0 Å². The van der Waals surface area contributed by atoms with Crippen LogP contribution in [-0.4, -0.2) is 59.1 Å². The molecule has 0 aromatic carbocycles. The molecule has 3 rings (SSSR count). The van der Waals surface area contributed by atoms with Gasteiger partial charge in [0.1, 0.15) is 0 Å². The van der Waals surface area contributed by atoms with Crippen molar-refractivity contribution in [3.63, 3.8) is 0 Å². The lowest BCUT2D eigenvalue weighted by molar-refractivity contribution is -0.138. The van der Waals surface area contributed by atoms with Crippen LogP contribution in [0.5, 0.6) is 0 Å². The van der Waals surface area contributed by atoms with E-state index in [1.165, 1.54) is 38.5 Å². The maximum atomic E-state index is 12.7. The summed E-state index contributed by atoms with van der Waals surface area (Å²) < 4.78 is 0. The average Bonchev–Trinajstić information content (AvgIpc) is 2.95. The van der Waals surface area contributed by atoms with E-state index in [1.54, 1.807) is 0 Å². The van der Waals surface area contributed by atoms with Gasteiger partial charge in [0.25, 0.3) is 0 Å². The molecule has 2 heterocycles. The lowest BCUT2D eigenvalue weighted by Crippen LogP contribution is -2.52. The summed E-state index contributed by atoms with van der Waals surface area (Å²) in [7, 11) is 0. The fourth-order valence-corrected chi connectivity index (χ4v) is 4.62. The monoisotopic (exact) mass is 294 g/mol. The summed E-state index contributed by atoms with van der Waals surface area (Å²) in [4.78, 5) is 17.1. The molecule has 0 aromatic heterocycles. The molecule has 1 amide bonds. The van der Waals surface area contributed by atoms with E-state index >= 15 is 0 Å². The number of hydrogen-bond acceptors (Lipinski definition) is 3. The van der Waals surface area contributed by atoms with E-state index in [0.29, 0.717) is 24.4 Å². The van der Waals surface area contributed by atoms with Gasteiger partial charge in [-0.25, -0.2) is 0 Å². The molecule has 0 spiro atoms. The van der Waals surface area contributed by atoms with E-state index in [2.05, 4.69) is 9.80 Å². The zero-order valence-corrected chi connectivity index (χ0v) is 13.3. The highest BCUT2D eigenvalue weighted by molar-refractivity contribution is 5.78. The fourth-order valence-electron chi connectivity index (χ4n) is 4.62. The molecule has 21 heavy (non-hydrogen) atoms. The second-order valence-corrected chi connectivity index (χ2v) is 7.37. The Balaban J connectivity index is 1.55. The van der Waals surface area contributed by atoms with Crippen molar-refractivity contribution in [2.45, 2.75) is 64.0 Å². The van der Waals surface area contributed by atoms with Crippen LogP contribution in [-0.2, 0) is 4.79 Å². The molecule has 1 aliphatic carbocycles. The highest BCUT2D eigenvalue weighted by Gasteiger charge is 2.36. The molecule has 3 fully saturated rings. The molecule has 2 aliphatic heterocycles. The molecule has 4 nitrogen and oxygen atoms in total. The Morgan fingerprint density at radius 2 is 1.90 bits per heavy atom. The lowest BCUT2D eigenvalue weighted by Gasteiger charge is -2.44. The van der Waals surface area contributed by atoms with Crippen molar-refractivity contribution in [3.05, 3.63) is 0 Å². The number of hydrogen-bond donors (Lipinski definition) is 1. The molecule has 4 unspecified atom stereocenters. The summed E-state index contributed by atoms with van der Waals surface area (Å²) >= 11 is 0. The standard InChI is InChI=1S/C17H30N2O2/c1-13(20)15-8-10-18(11-15)12-17(21)19-9-4-6-14-5-2-3-7-16(14)19/h13-16,20H,2-12H2,1H3. The maximum Gasteiger partial charge on any atom is 0.237 e. The smallest absolute Gasteiger partial charge is 0.237 e. The third-order valence-electron chi connectivity index (χ3n) is 5.91. The predicted octanol–water partition coefficient (Wildman–Crippen LogP) is 1.87. The minimum Gasteiger partial charge on any atom is -0.393 e. The normalized spacial score (nSPS) is 35.5. The first-order chi connectivity index (χ1) is 10.1. The molecule has 1 saturated carbocycles. The van der Waals surface area contributed by atoms with Gasteiger partial charge in [-0.3, -0.25) is 9.69 Å². The van der Waals surface area contributed by atoms with E-state index in [9.17, 15) is 9.90 Å². The minimum absolute atomic E-state index is 0.247. The van der Waals surface area contributed by atoms with Crippen molar-refractivity contribution >= 4 is 5.91 Å². The van der Waals surface area contributed by atoms with Crippen LogP contribution in [0.2, 0.25) is 0 Å². The fraction of sp³-hybridized carbons (Fsp3) is 0.941. The maximum absolute atomic E-state index is 12.7. The molecule has 120 valence electrons. The number of amides is 1. The van der Waals surface area contributed by atoms with Gasteiger partial charge in [0, 0.05) is 19.1 Å². The van der Waals surface area contributed by atoms with E-state index < -0.39 is 0 Å². The second kappa shape index (κ2) is 6.66. The van der Waals surface area contributed by atoms with E-state index in [4.69, 9.17) is 0 Å².